The fraction of sp³-hybridized carbons (Fsp3) is 0.455. The lowest BCUT2D eigenvalue weighted by atomic mass is 9.86. The number of hydrogen-bond acceptors (Lipinski definition) is 3. The Hall–Kier alpha value is -1.09. The summed E-state index contributed by atoms with van der Waals surface area (Å²) < 4.78 is 39.6. The van der Waals surface area contributed by atoms with Gasteiger partial charge >= 0.3 is 12.1 Å². The zero-order valence-electron chi connectivity index (χ0n) is 9.91. The smallest absolute Gasteiger partial charge is 0.406 e. The molecule has 0 spiro atoms. The van der Waals surface area contributed by atoms with Gasteiger partial charge in [0.05, 0.1) is 8.66 Å². The fourth-order valence-corrected chi connectivity index (χ4v) is 3.45. The molecule has 1 fully saturated rings. The van der Waals surface area contributed by atoms with Crippen LogP contribution in [0.4, 0.5) is 13.2 Å². The number of carbonyl (C=O) groups excluding carboxylic acids is 1. The molecule has 0 saturated carbocycles. The Labute approximate surface area is 124 Å². The van der Waals surface area contributed by atoms with Gasteiger partial charge < -0.3 is 10.0 Å². The molecule has 0 bridgehead atoms. The summed E-state index contributed by atoms with van der Waals surface area (Å²) in [6.45, 7) is -1.07. The lowest BCUT2D eigenvalue weighted by molar-refractivity contribution is -0.227. The van der Waals surface area contributed by atoms with E-state index in [0.29, 0.717) is 3.79 Å². The molecular formula is C11H9BrF3NO3S. The maximum Gasteiger partial charge on any atom is 0.406 e. The van der Waals surface area contributed by atoms with Crippen LogP contribution in [0.25, 0.3) is 0 Å². The molecule has 1 aromatic heterocycles. The normalized spacial score (nSPS) is 23.1. The van der Waals surface area contributed by atoms with Gasteiger partial charge in [-0.2, -0.15) is 13.2 Å². The summed E-state index contributed by atoms with van der Waals surface area (Å²) >= 11 is 4.26. The van der Waals surface area contributed by atoms with E-state index < -0.39 is 36.4 Å². The quantitative estimate of drug-likeness (QED) is 0.869. The first-order chi connectivity index (χ1) is 9.17. The number of hydrogen-bond donors (Lipinski definition) is 1. The lowest BCUT2D eigenvalue weighted by Crippen LogP contribution is -2.47. The number of nitrogens with zero attached hydrogens (tertiary/aromatic N) is 1. The number of amides is 1. The molecule has 20 heavy (non-hydrogen) atoms. The Morgan fingerprint density at radius 1 is 1.40 bits per heavy atom. The summed E-state index contributed by atoms with van der Waals surface area (Å²) in [5.74, 6) is -2.51. The Balaban J connectivity index is 2.23. The summed E-state index contributed by atoms with van der Waals surface area (Å²) in [7, 11) is 0. The van der Waals surface area contributed by atoms with Crippen LogP contribution in [0.5, 0.6) is 0 Å². The van der Waals surface area contributed by atoms with Crippen LogP contribution in [0.2, 0.25) is 0 Å². The molecule has 1 atom stereocenters. The molecule has 1 aromatic rings. The first-order valence-corrected chi connectivity index (χ1v) is 7.13. The van der Waals surface area contributed by atoms with E-state index >= 15 is 0 Å². The molecule has 1 aliphatic heterocycles. The molecule has 2 heterocycles. The van der Waals surface area contributed by atoms with Gasteiger partial charge in [0.15, 0.2) is 5.41 Å². The van der Waals surface area contributed by atoms with Crippen molar-refractivity contribution in [1.29, 1.82) is 0 Å². The molecule has 1 saturated heterocycles. The zero-order valence-corrected chi connectivity index (χ0v) is 12.3. The van der Waals surface area contributed by atoms with Crippen LogP contribution in [0.15, 0.2) is 15.9 Å². The summed E-state index contributed by atoms with van der Waals surface area (Å²) in [5.41, 5.74) is -2.86. The van der Waals surface area contributed by atoms with Crippen LogP contribution in [0.1, 0.15) is 16.1 Å². The molecule has 0 aromatic carbocycles. The Morgan fingerprint density at radius 3 is 2.45 bits per heavy atom. The van der Waals surface area contributed by atoms with Gasteiger partial charge in [-0.05, 0) is 34.5 Å². The van der Waals surface area contributed by atoms with Gasteiger partial charge in [-0.15, -0.1) is 11.3 Å². The molecule has 1 N–H and O–H groups in total. The second-order valence-electron chi connectivity index (χ2n) is 4.47. The first-order valence-electron chi connectivity index (χ1n) is 5.52. The summed E-state index contributed by atoms with van der Waals surface area (Å²) in [6, 6.07) is 3.10. The number of rotatable bonds is 2. The number of halogens is 4. The SMILES string of the molecule is O=C(c1ccc(Br)s1)N1CCC(C(=O)O)(C(F)(F)F)C1. The van der Waals surface area contributed by atoms with Crippen molar-refractivity contribution in [1.82, 2.24) is 4.90 Å². The van der Waals surface area contributed by atoms with E-state index in [-0.39, 0.29) is 11.4 Å². The largest absolute Gasteiger partial charge is 0.481 e. The number of carboxylic acid groups (broad SMARTS) is 1. The molecular weight excluding hydrogens is 363 g/mol. The molecule has 1 amide bonds. The minimum absolute atomic E-state index is 0.222. The van der Waals surface area contributed by atoms with Gasteiger partial charge in [0.1, 0.15) is 0 Å². The highest BCUT2D eigenvalue weighted by molar-refractivity contribution is 9.11. The van der Waals surface area contributed by atoms with E-state index in [2.05, 4.69) is 15.9 Å². The third kappa shape index (κ3) is 2.44. The second-order valence-corrected chi connectivity index (χ2v) is 6.93. The van der Waals surface area contributed by atoms with Crippen LogP contribution in [0, 0.1) is 5.41 Å². The number of carbonyl (C=O) groups is 2. The summed E-state index contributed by atoms with van der Waals surface area (Å²) in [6.07, 6.45) is -5.51. The van der Waals surface area contributed by atoms with Crippen molar-refractivity contribution in [3.63, 3.8) is 0 Å². The van der Waals surface area contributed by atoms with Crippen LogP contribution in [0.3, 0.4) is 0 Å². The first kappa shape index (κ1) is 15.3. The maximum atomic E-state index is 13.0. The minimum Gasteiger partial charge on any atom is -0.481 e. The van der Waals surface area contributed by atoms with E-state index in [1.165, 1.54) is 6.07 Å². The zero-order chi connectivity index (χ0) is 15.1. The molecule has 2 rings (SSSR count). The van der Waals surface area contributed by atoms with Crippen molar-refractivity contribution in [2.75, 3.05) is 13.1 Å². The number of likely N-dealkylation sites (tertiary alicyclic amines) is 1. The predicted octanol–water partition coefficient (Wildman–Crippen LogP) is 2.99. The third-order valence-corrected chi connectivity index (χ3v) is 4.90. The van der Waals surface area contributed by atoms with E-state index in [9.17, 15) is 22.8 Å². The molecule has 1 unspecified atom stereocenters. The highest BCUT2D eigenvalue weighted by Crippen LogP contribution is 2.46. The maximum absolute atomic E-state index is 13.0. The van der Waals surface area contributed by atoms with Gasteiger partial charge in [-0.3, -0.25) is 9.59 Å². The van der Waals surface area contributed by atoms with E-state index in [4.69, 9.17) is 5.11 Å². The highest BCUT2D eigenvalue weighted by Gasteiger charge is 2.64. The van der Waals surface area contributed by atoms with Crippen molar-refractivity contribution in [2.45, 2.75) is 12.6 Å². The standard InChI is InChI=1S/C11H9BrF3NO3S/c12-7-2-1-6(20-7)8(17)16-4-3-10(5-16,9(18)19)11(13,14)15/h1-2H,3-5H2,(H,18,19). The number of thiophene rings is 1. The summed E-state index contributed by atoms with van der Waals surface area (Å²) in [5, 5.41) is 8.91. The number of carboxylic acids is 1. The molecule has 0 radical (unpaired) electrons. The van der Waals surface area contributed by atoms with Crippen LogP contribution >= 0.6 is 27.3 Å². The molecule has 0 aliphatic carbocycles. The van der Waals surface area contributed by atoms with Crippen molar-refractivity contribution in [3.05, 3.63) is 20.8 Å². The molecule has 1 aliphatic rings. The van der Waals surface area contributed by atoms with E-state index in [1.807, 2.05) is 0 Å². The van der Waals surface area contributed by atoms with Gasteiger partial charge in [0.2, 0.25) is 0 Å². The van der Waals surface area contributed by atoms with Crippen LogP contribution in [-0.2, 0) is 4.79 Å². The highest BCUT2D eigenvalue weighted by atomic mass is 79.9. The van der Waals surface area contributed by atoms with Crippen molar-refractivity contribution in [3.8, 4) is 0 Å². The van der Waals surface area contributed by atoms with Crippen LogP contribution in [-0.4, -0.2) is 41.1 Å². The van der Waals surface area contributed by atoms with Gasteiger partial charge in [0, 0.05) is 13.1 Å². The number of aliphatic carboxylic acids is 1. The van der Waals surface area contributed by atoms with E-state index in [1.54, 1.807) is 6.07 Å². The fourth-order valence-electron chi connectivity index (χ4n) is 2.10. The number of alkyl halides is 3. The van der Waals surface area contributed by atoms with Crippen LogP contribution < -0.4 is 0 Å². The topological polar surface area (TPSA) is 57.6 Å². The third-order valence-electron chi connectivity index (χ3n) is 3.29. The second kappa shape index (κ2) is 5.03. The Morgan fingerprint density at radius 2 is 2.05 bits per heavy atom. The molecule has 4 nitrogen and oxygen atoms in total. The molecule has 9 heteroatoms. The van der Waals surface area contributed by atoms with E-state index in [0.717, 1.165) is 16.2 Å². The minimum atomic E-state index is -4.89. The summed E-state index contributed by atoms with van der Waals surface area (Å²) in [4.78, 5) is 24.3. The van der Waals surface area contributed by atoms with Gasteiger partial charge in [-0.25, -0.2) is 0 Å². The monoisotopic (exact) mass is 371 g/mol. The average molecular weight is 372 g/mol. The van der Waals surface area contributed by atoms with Gasteiger partial charge in [0.25, 0.3) is 5.91 Å². The van der Waals surface area contributed by atoms with Crippen molar-refractivity contribution < 1.29 is 27.9 Å². The Kier molecular flexibility index (Phi) is 3.85. The predicted molar refractivity (Wildman–Crippen MR) is 68.7 cm³/mol. The van der Waals surface area contributed by atoms with Crippen molar-refractivity contribution in [2.24, 2.45) is 5.41 Å². The van der Waals surface area contributed by atoms with Crippen molar-refractivity contribution >= 4 is 39.1 Å². The molecule has 110 valence electrons. The Bertz CT molecular complexity index is 559. The average Bonchev–Trinajstić information content (AvgIpc) is 2.93. The lowest BCUT2D eigenvalue weighted by Gasteiger charge is -2.27. The van der Waals surface area contributed by atoms with Gasteiger partial charge in [-0.1, -0.05) is 0 Å².